The van der Waals surface area contributed by atoms with Crippen LogP contribution in [0.3, 0.4) is 0 Å². The number of nitrogens with zero attached hydrogens (tertiary/aromatic N) is 3. The van der Waals surface area contributed by atoms with E-state index in [4.69, 9.17) is 4.74 Å². The molecule has 3 aromatic carbocycles. The van der Waals surface area contributed by atoms with Crippen molar-refractivity contribution in [3.05, 3.63) is 99.6 Å². The summed E-state index contributed by atoms with van der Waals surface area (Å²) in [5, 5.41) is 10.9. The first kappa shape index (κ1) is 21.7. The third-order valence-electron chi connectivity index (χ3n) is 5.38. The number of anilines is 1. The number of non-ortho nitro benzene ring substituents is 1. The second kappa shape index (κ2) is 8.91. The van der Waals surface area contributed by atoms with E-state index in [0.717, 1.165) is 4.90 Å². The van der Waals surface area contributed by atoms with Crippen LogP contribution in [0.2, 0.25) is 0 Å². The number of methoxy groups -OCH3 is 1. The maximum absolute atomic E-state index is 13.3. The first-order valence-corrected chi connectivity index (χ1v) is 10.1. The Morgan fingerprint density at radius 2 is 1.52 bits per heavy atom. The molecule has 3 amide bonds. The molecule has 33 heavy (non-hydrogen) atoms. The fourth-order valence-corrected chi connectivity index (χ4v) is 3.63. The Morgan fingerprint density at radius 3 is 2.03 bits per heavy atom. The molecule has 0 fully saturated rings. The number of hydrogen-bond acceptors (Lipinski definition) is 6. The fraction of sp³-hybridized carbons (Fsp3) is 0.125. The molecule has 0 saturated heterocycles. The number of benzene rings is 3. The number of nitro benzene ring substituents is 1. The summed E-state index contributed by atoms with van der Waals surface area (Å²) in [6.07, 6.45) is 0. The first-order valence-electron chi connectivity index (χ1n) is 10.1. The highest BCUT2D eigenvalue weighted by Gasteiger charge is 2.35. The van der Waals surface area contributed by atoms with Gasteiger partial charge >= 0.3 is 0 Å². The van der Waals surface area contributed by atoms with Crippen LogP contribution in [0.4, 0.5) is 11.4 Å². The molecule has 3 aromatic rings. The first-order chi connectivity index (χ1) is 15.9. The summed E-state index contributed by atoms with van der Waals surface area (Å²) in [5.74, 6) is -0.644. The Morgan fingerprint density at radius 1 is 0.939 bits per heavy atom. The number of carbonyl (C=O) groups excluding carboxylic acids is 3. The molecule has 0 aliphatic carbocycles. The van der Waals surface area contributed by atoms with Crippen LogP contribution in [0.25, 0.3) is 0 Å². The Labute approximate surface area is 189 Å². The standard InChI is InChI=1S/C24H19N3O6/c1-33-19-12-10-17(11-13-19)25(22(28)16-6-8-18(9-7-16)27(31)32)14-15-26-23(29)20-4-2-3-5-21(20)24(26)30/h2-13H,14-15H2,1H3. The highest BCUT2D eigenvalue weighted by molar-refractivity contribution is 6.21. The Balaban J connectivity index is 1.60. The van der Waals surface area contributed by atoms with E-state index in [9.17, 15) is 24.5 Å². The average molecular weight is 445 g/mol. The summed E-state index contributed by atoms with van der Waals surface area (Å²) in [5.41, 5.74) is 1.29. The molecule has 0 atom stereocenters. The summed E-state index contributed by atoms with van der Waals surface area (Å²) in [7, 11) is 1.52. The predicted octanol–water partition coefficient (Wildman–Crippen LogP) is 3.55. The van der Waals surface area contributed by atoms with Gasteiger partial charge in [-0.25, -0.2) is 0 Å². The molecule has 0 spiro atoms. The topological polar surface area (TPSA) is 110 Å². The number of nitro groups is 1. The molecule has 0 unspecified atom stereocenters. The number of imide groups is 1. The summed E-state index contributed by atoms with van der Waals surface area (Å²) in [4.78, 5) is 51.6. The largest absolute Gasteiger partial charge is 0.497 e. The van der Waals surface area contributed by atoms with Crippen molar-refractivity contribution < 1.29 is 24.0 Å². The zero-order valence-corrected chi connectivity index (χ0v) is 17.6. The Kier molecular flexibility index (Phi) is 5.86. The number of fused-ring (bicyclic) bond motifs is 1. The van der Waals surface area contributed by atoms with Crippen molar-refractivity contribution in [3.8, 4) is 5.75 Å². The Hall–Kier alpha value is -4.53. The number of ether oxygens (including phenoxy) is 1. The average Bonchev–Trinajstić information content (AvgIpc) is 3.09. The van der Waals surface area contributed by atoms with E-state index in [-0.39, 0.29) is 24.3 Å². The lowest BCUT2D eigenvalue weighted by Crippen LogP contribution is -2.41. The highest BCUT2D eigenvalue weighted by Crippen LogP contribution is 2.25. The van der Waals surface area contributed by atoms with Crippen molar-refractivity contribution in [1.82, 2.24) is 4.90 Å². The van der Waals surface area contributed by atoms with Gasteiger partial charge in [0, 0.05) is 36.5 Å². The molecule has 1 aliphatic heterocycles. The van der Waals surface area contributed by atoms with Crippen molar-refractivity contribution in [2.24, 2.45) is 0 Å². The highest BCUT2D eigenvalue weighted by atomic mass is 16.6. The van der Waals surface area contributed by atoms with Gasteiger partial charge in [0.2, 0.25) is 0 Å². The molecule has 166 valence electrons. The van der Waals surface area contributed by atoms with Gasteiger partial charge in [0.15, 0.2) is 0 Å². The molecule has 0 aromatic heterocycles. The van der Waals surface area contributed by atoms with Crippen molar-refractivity contribution in [2.75, 3.05) is 25.1 Å². The molecule has 9 nitrogen and oxygen atoms in total. The molecule has 0 saturated carbocycles. The number of amides is 3. The number of hydrogen-bond donors (Lipinski definition) is 0. The molecule has 0 radical (unpaired) electrons. The van der Waals surface area contributed by atoms with Crippen LogP contribution < -0.4 is 9.64 Å². The van der Waals surface area contributed by atoms with Gasteiger partial charge in [-0.1, -0.05) is 12.1 Å². The van der Waals surface area contributed by atoms with E-state index < -0.39 is 22.6 Å². The van der Waals surface area contributed by atoms with E-state index in [2.05, 4.69) is 0 Å². The maximum Gasteiger partial charge on any atom is 0.269 e. The third-order valence-corrected chi connectivity index (χ3v) is 5.38. The van der Waals surface area contributed by atoms with Gasteiger partial charge < -0.3 is 9.64 Å². The second-order valence-corrected chi connectivity index (χ2v) is 7.27. The Bertz CT molecular complexity index is 1200. The molecule has 1 aliphatic rings. The number of rotatable bonds is 7. The van der Waals surface area contributed by atoms with Crippen molar-refractivity contribution in [3.63, 3.8) is 0 Å². The van der Waals surface area contributed by atoms with Crippen LogP contribution in [0.1, 0.15) is 31.1 Å². The minimum atomic E-state index is -0.544. The van der Waals surface area contributed by atoms with Gasteiger partial charge in [-0.15, -0.1) is 0 Å². The fourth-order valence-electron chi connectivity index (χ4n) is 3.63. The lowest BCUT2D eigenvalue weighted by Gasteiger charge is -2.25. The van der Waals surface area contributed by atoms with Gasteiger partial charge in [-0.3, -0.25) is 29.4 Å². The maximum atomic E-state index is 13.3. The van der Waals surface area contributed by atoms with Crippen molar-refractivity contribution in [2.45, 2.75) is 0 Å². The molecule has 4 rings (SSSR count). The van der Waals surface area contributed by atoms with Crippen molar-refractivity contribution in [1.29, 1.82) is 0 Å². The van der Waals surface area contributed by atoms with E-state index in [1.165, 1.54) is 36.3 Å². The van der Waals surface area contributed by atoms with E-state index in [1.807, 2.05) is 0 Å². The normalized spacial score (nSPS) is 12.5. The van der Waals surface area contributed by atoms with Crippen LogP contribution in [-0.4, -0.2) is 47.7 Å². The quantitative estimate of drug-likeness (QED) is 0.313. The molecular weight excluding hydrogens is 426 g/mol. The smallest absolute Gasteiger partial charge is 0.269 e. The van der Waals surface area contributed by atoms with Crippen LogP contribution in [0, 0.1) is 10.1 Å². The van der Waals surface area contributed by atoms with Crippen LogP contribution in [-0.2, 0) is 0 Å². The van der Waals surface area contributed by atoms with Crippen LogP contribution >= 0.6 is 0 Å². The SMILES string of the molecule is COc1ccc(N(CCN2C(=O)c3ccccc3C2=O)C(=O)c2ccc([N+](=O)[O-])cc2)cc1. The van der Waals surface area contributed by atoms with Gasteiger partial charge in [-0.2, -0.15) is 0 Å². The second-order valence-electron chi connectivity index (χ2n) is 7.27. The zero-order valence-electron chi connectivity index (χ0n) is 17.6. The zero-order chi connectivity index (χ0) is 23.5. The van der Waals surface area contributed by atoms with Gasteiger partial charge in [0.25, 0.3) is 23.4 Å². The summed E-state index contributed by atoms with van der Waals surface area (Å²) in [6.45, 7) is 0.0186. The van der Waals surface area contributed by atoms with Crippen molar-refractivity contribution >= 4 is 29.1 Å². The van der Waals surface area contributed by atoms with Crippen LogP contribution in [0.15, 0.2) is 72.8 Å². The lowest BCUT2D eigenvalue weighted by atomic mass is 10.1. The molecule has 1 heterocycles. The summed E-state index contributed by atoms with van der Waals surface area (Å²) in [6, 6.07) is 18.6. The van der Waals surface area contributed by atoms with Gasteiger partial charge in [0.05, 0.1) is 23.2 Å². The monoisotopic (exact) mass is 445 g/mol. The third kappa shape index (κ3) is 4.16. The number of carbonyl (C=O) groups is 3. The molecule has 9 heteroatoms. The molecule has 0 bridgehead atoms. The summed E-state index contributed by atoms with van der Waals surface area (Å²) >= 11 is 0. The van der Waals surface area contributed by atoms with Crippen LogP contribution in [0.5, 0.6) is 5.75 Å². The molecular formula is C24H19N3O6. The molecule has 0 N–H and O–H groups in total. The minimum absolute atomic E-state index is 0.0168. The van der Waals surface area contributed by atoms with Gasteiger partial charge in [0.1, 0.15) is 5.75 Å². The van der Waals surface area contributed by atoms with E-state index >= 15 is 0 Å². The van der Waals surface area contributed by atoms with E-state index in [1.54, 1.807) is 48.5 Å². The lowest BCUT2D eigenvalue weighted by molar-refractivity contribution is -0.384. The predicted molar refractivity (Wildman–Crippen MR) is 120 cm³/mol. The summed E-state index contributed by atoms with van der Waals surface area (Å²) < 4.78 is 5.17. The van der Waals surface area contributed by atoms with E-state index in [0.29, 0.717) is 22.6 Å². The van der Waals surface area contributed by atoms with Gasteiger partial charge in [-0.05, 0) is 48.5 Å². The minimum Gasteiger partial charge on any atom is -0.497 e.